The zero-order chi connectivity index (χ0) is 23.7. The molecule has 0 aliphatic carbocycles. The van der Waals surface area contributed by atoms with E-state index in [1.807, 2.05) is 5.32 Å². The number of hydrogen-bond donors (Lipinski definition) is 1. The second-order valence-corrected chi connectivity index (χ2v) is 9.19. The standard InChI is InChI=1S/C20H19F4N3O4S/c1-32(30,31)14-8-6-13(7-9-14)12-17(28)26-10-3-11-27(26)19(29)25-18-15(20(22,23)24)4-2-5-16(18)21/h2,4-9H,3,10-12H2,1H3,(H,25,29). The SMILES string of the molecule is CS(=O)(=O)c1ccc(CC(=O)N2CCCN2C(=O)Nc2c(F)cccc2C(F)(F)F)cc1. The molecule has 1 aliphatic rings. The average molecular weight is 473 g/mol. The highest BCUT2D eigenvalue weighted by Crippen LogP contribution is 2.36. The first kappa shape index (κ1) is 23.5. The summed E-state index contributed by atoms with van der Waals surface area (Å²) in [6.07, 6.45) is -3.62. The Kier molecular flexibility index (Phi) is 6.44. The van der Waals surface area contributed by atoms with Gasteiger partial charge in [-0.25, -0.2) is 27.6 Å². The lowest BCUT2D eigenvalue weighted by Crippen LogP contribution is -2.47. The molecule has 0 bridgehead atoms. The topological polar surface area (TPSA) is 86.8 Å². The normalized spacial score (nSPS) is 14.5. The first-order valence-electron chi connectivity index (χ1n) is 9.41. The van der Waals surface area contributed by atoms with Gasteiger partial charge in [0.2, 0.25) is 5.91 Å². The Balaban J connectivity index is 1.74. The van der Waals surface area contributed by atoms with E-state index in [4.69, 9.17) is 0 Å². The van der Waals surface area contributed by atoms with Gasteiger partial charge >= 0.3 is 12.2 Å². The number of rotatable bonds is 4. The van der Waals surface area contributed by atoms with Crippen molar-refractivity contribution in [3.63, 3.8) is 0 Å². The van der Waals surface area contributed by atoms with Crippen molar-refractivity contribution in [3.8, 4) is 0 Å². The Morgan fingerprint density at radius 3 is 2.25 bits per heavy atom. The van der Waals surface area contributed by atoms with Gasteiger partial charge in [0.05, 0.1) is 22.6 Å². The Hall–Kier alpha value is -3.15. The zero-order valence-corrected chi connectivity index (χ0v) is 17.6. The van der Waals surface area contributed by atoms with Crippen LogP contribution in [0.5, 0.6) is 0 Å². The van der Waals surface area contributed by atoms with Crippen molar-refractivity contribution in [1.29, 1.82) is 0 Å². The lowest BCUT2D eigenvalue weighted by molar-refractivity contribution is -0.139. The van der Waals surface area contributed by atoms with E-state index in [9.17, 15) is 35.6 Å². The molecule has 3 amide bonds. The van der Waals surface area contributed by atoms with E-state index >= 15 is 0 Å². The number of urea groups is 1. The minimum Gasteiger partial charge on any atom is -0.303 e. The largest absolute Gasteiger partial charge is 0.418 e. The van der Waals surface area contributed by atoms with Crippen molar-refractivity contribution in [2.45, 2.75) is 23.9 Å². The van der Waals surface area contributed by atoms with E-state index in [2.05, 4.69) is 0 Å². The van der Waals surface area contributed by atoms with Crippen molar-refractivity contribution in [1.82, 2.24) is 10.0 Å². The average Bonchev–Trinajstić information content (AvgIpc) is 3.18. The number of para-hydroxylation sites is 1. The summed E-state index contributed by atoms with van der Waals surface area (Å²) in [5.41, 5.74) is -1.86. The van der Waals surface area contributed by atoms with Crippen LogP contribution in [0.15, 0.2) is 47.4 Å². The zero-order valence-electron chi connectivity index (χ0n) is 16.8. The van der Waals surface area contributed by atoms with Crippen molar-refractivity contribution in [2.75, 3.05) is 24.7 Å². The summed E-state index contributed by atoms with van der Waals surface area (Å²) < 4.78 is 76.6. The van der Waals surface area contributed by atoms with Crippen LogP contribution in [-0.4, -0.2) is 49.7 Å². The molecule has 2 aromatic rings. The van der Waals surface area contributed by atoms with Crippen molar-refractivity contribution in [3.05, 3.63) is 59.4 Å². The maximum atomic E-state index is 14.0. The number of anilines is 1. The van der Waals surface area contributed by atoms with Gasteiger partial charge < -0.3 is 5.32 Å². The van der Waals surface area contributed by atoms with Crippen LogP contribution in [0.2, 0.25) is 0 Å². The third-order valence-corrected chi connectivity index (χ3v) is 5.94. The predicted octanol–water partition coefficient (Wildman–Crippen LogP) is 3.47. The number of carbonyl (C=O) groups excluding carboxylic acids is 2. The number of hydrogen-bond acceptors (Lipinski definition) is 4. The molecule has 1 fully saturated rings. The van der Waals surface area contributed by atoms with E-state index in [1.165, 1.54) is 24.3 Å². The Morgan fingerprint density at radius 2 is 1.66 bits per heavy atom. The van der Waals surface area contributed by atoms with Gasteiger partial charge in [-0.05, 0) is 36.2 Å². The second-order valence-electron chi connectivity index (χ2n) is 7.18. The van der Waals surface area contributed by atoms with E-state index in [0.717, 1.165) is 28.4 Å². The molecule has 0 atom stereocenters. The lowest BCUT2D eigenvalue weighted by atomic mass is 10.1. The molecule has 0 aromatic heterocycles. The third-order valence-electron chi connectivity index (χ3n) is 4.81. The summed E-state index contributed by atoms with van der Waals surface area (Å²) in [5, 5.41) is 3.94. The molecule has 1 aliphatic heterocycles. The van der Waals surface area contributed by atoms with E-state index in [-0.39, 0.29) is 24.4 Å². The Bertz CT molecular complexity index is 1130. The molecule has 0 spiro atoms. The van der Waals surface area contributed by atoms with Crippen molar-refractivity contribution in [2.24, 2.45) is 0 Å². The number of carbonyl (C=O) groups is 2. The molecule has 1 heterocycles. The fraction of sp³-hybridized carbons (Fsp3) is 0.300. The van der Waals surface area contributed by atoms with Crippen LogP contribution in [-0.2, 0) is 27.2 Å². The fourth-order valence-electron chi connectivity index (χ4n) is 3.26. The molecule has 1 saturated heterocycles. The molecule has 0 radical (unpaired) electrons. The molecule has 32 heavy (non-hydrogen) atoms. The van der Waals surface area contributed by atoms with Crippen LogP contribution in [0.25, 0.3) is 0 Å². The first-order valence-corrected chi connectivity index (χ1v) is 11.3. The number of halogens is 4. The monoisotopic (exact) mass is 473 g/mol. The van der Waals surface area contributed by atoms with Crippen LogP contribution in [0, 0.1) is 5.82 Å². The Labute approximate surface area is 181 Å². The second kappa shape index (κ2) is 8.77. The van der Waals surface area contributed by atoms with Gasteiger partial charge in [-0.3, -0.25) is 4.79 Å². The van der Waals surface area contributed by atoms with Gasteiger partial charge in [0.25, 0.3) is 0 Å². The highest BCUT2D eigenvalue weighted by molar-refractivity contribution is 7.90. The lowest BCUT2D eigenvalue weighted by Gasteiger charge is -2.28. The maximum absolute atomic E-state index is 14.0. The first-order chi connectivity index (χ1) is 14.9. The summed E-state index contributed by atoms with van der Waals surface area (Å²) >= 11 is 0. The molecule has 2 aromatic carbocycles. The highest BCUT2D eigenvalue weighted by Gasteiger charge is 2.37. The number of benzene rings is 2. The molecule has 1 N–H and O–H groups in total. The number of nitrogens with one attached hydrogen (secondary N) is 1. The molecule has 12 heteroatoms. The molecule has 0 saturated carbocycles. The molecule has 3 rings (SSSR count). The van der Waals surface area contributed by atoms with E-state index in [0.29, 0.717) is 18.1 Å². The molecular formula is C20H19F4N3O4S. The number of sulfone groups is 1. The van der Waals surface area contributed by atoms with Crippen LogP contribution in [0.3, 0.4) is 0 Å². The van der Waals surface area contributed by atoms with Gasteiger partial charge in [-0.15, -0.1) is 0 Å². The van der Waals surface area contributed by atoms with Gasteiger partial charge in [-0.1, -0.05) is 18.2 Å². The summed E-state index contributed by atoms with van der Waals surface area (Å²) in [7, 11) is -3.40. The number of hydrazine groups is 1. The highest BCUT2D eigenvalue weighted by atomic mass is 32.2. The minimum atomic E-state index is -4.89. The summed E-state index contributed by atoms with van der Waals surface area (Å²) in [6, 6.07) is 6.87. The summed E-state index contributed by atoms with van der Waals surface area (Å²) in [4.78, 5) is 25.4. The molecule has 172 valence electrons. The number of alkyl halides is 3. The van der Waals surface area contributed by atoms with Gasteiger partial charge in [-0.2, -0.15) is 13.2 Å². The summed E-state index contributed by atoms with van der Waals surface area (Å²) in [6.45, 7) is 0.206. The van der Waals surface area contributed by atoms with Gasteiger partial charge in [0, 0.05) is 19.3 Å². The van der Waals surface area contributed by atoms with Crippen LogP contribution < -0.4 is 5.32 Å². The van der Waals surface area contributed by atoms with Gasteiger partial charge in [0.1, 0.15) is 5.82 Å². The van der Waals surface area contributed by atoms with Crippen molar-refractivity contribution < 1.29 is 35.6 Å². The predicted molar refractivity (Wildman–Crippen MR) is 107 cm³/mol. The molecule has 0 unspecified atom stereocenters. The molecule has 7 nitrogen and oxygen atoms in total. The number of nitrogens with zero attached hydrogens (tertiary/aromatic N) is 2. The molecular weight excluding hydrogens is 454 g/mol. The fourth-order valence-corrected chi connectivity index (χ4v) is 3.89. The van der Waals surface area contributed by atoms with Crippen molar-refractivity contribution >= 4 is 27.5 Å². The maximum Gasteiger partial charge on any atom is 0.418 e. The minimum absolute atomic E-state index is 0.0559. The quantitative estimate of drug-likeness (QED) is 0.689. The van der Waals surface area contributed by atoms with Crippen LogP contribution in [0.1, 0.15) is 17.5 Å². The van der Waals surface area contributed by atoms with Crippen LogP contribution >= 0.6 is 0 Å². The van der Waals surface area contributed by atoms with E-state index < -0.39 is 45.0 Å². The van der Waals surface area contributed by atoms with Crippen LogP contribution in [0.4, 0.5) is 28.0 Å². The summed E-state index contributed by atoms with van der Waals surface area (Å²) in [5.74, 6) is -1.77. The van der Waals surface area contributed by atoms with Gasteiger partial charge in [0.15, 0.2) is 9.84 Å². The number of amides is 3. The van der Waals surface area contributed by atoms with E-state index in [1.54, 1.807) is 0 Å². The third kappa shape index (κ3) is 5.18. The Morgan fingerprint density at radius 1 is 1.03 bits per heavy atom. The smallest absolute Gasteiger partial charge is 0.303 e.